The molecule has 0 N–H and O–H groups in total. The van der Waals surface area contributed by atoms with E-state index >= 15 is 0 Å². The third-order valence-electron chi connectivity index (χ3n) is 2.50. The minimum absolute atomic E-state index is 0.410. The number of alkyl halides is 10. The molecule has 0 rings (SSSR count). The topological polar surface area (TPSA) is 26.3 Å². The van der Waals surface area contributed by atoms with Crippen LogP contribution < -0.4 is 0 Å². The minimum Gasteiger partial charge on any atom is -0.459 e. The van der Waals surface area contributed by atoms with Crippen LogP contribution in [0.15, 0.2) is 12.2 Å². The quantitative estimate of drug-likeness (QED) is 0.370. The molecular weight excluding hydrogens is 354 g/mol. The molecule has 2 unspecified atom stereocenters. The van der Waals surface area contributed by atoms with Gasteiger partial charge >= 0.3 is 30.2 Å². The van der Waals surface area contributed by atoms with E-state index in [2.05, 4.69) is 11.3 Å². The fourth-order valence-corrected chi connectivity index (χ4v) is 1.10. The van der Waals surface area contributed by atoms with Crippen molar-refractivity contribution in [2.75, 3.05) is 6.61 Å². The van der Waals surface area contributed by atoms with Crippen molar-refractivity contribution in [3.05, 3.63) is 12.2 Å². The predicted octanol–water partition coefficient (Wildman–Crippen LogP) is 3.95. The Morgan fingerprint density at radius 2 is 1.43 bits per heavy atom. The molecule has 0 saturated heterocycles. The molecule has 2 atom stereocenters. The van der Waals surface area contributed by atoms with E-state index in [1.807, 2.05) is 0 Å². The molecule has 0 aliphatic heterocycles. The lowest BCUT2D eigenvalue weighted by atomic mass is 9.98. The highest BCUT2D eigenvalue weighted by atomic mass is 19.3. The van der Waals surface area contributed by atoms with Gasteiger partial charge in [-0.15, -0.1) is 0 Å². The lowest BCUT2D eigenvalue weighted by Gasteiger charge is -2.33. The van der Waals surface area contributed by atoms with Crippen molar-refractivity contribution in [3.63, 3.8) is 0 Å². The second-order valence-corrected chi connectivity index (χ2v) is 4.43. The summed E-state index contributed by atoms with van der Waals surface area (Å²) in [6.07, 6.45) is -14.5. The van der Waals surface area contributed by atoms with Gasteiger partial charge in [-0.3, -0.25) is 0 Å². The average Bonchev–Trinajstić information content (AvgIpc) is 2.42. The normalized spacial score (nSPS) is 16.2. The Balaban J connectivity index is 5.25. The first kappa shape index (κ1) is 21.5. The Kier molecular flexibility index (Phi) is 6.50. The molecule has 12 heteroatoms. The van der Waals surface area contributed by atoms with Crippen LogP contribution in [0.2, 0.25) is 0 Å². The zero-order valence-electron chi connectivity index (χ0n) is 11.2. The van der Waals surface area contributed by atoms with Crippen LogP contribution >= 0.6 is 0 Å². The van der Waals surface area contributed by atoms with Crippen LogP contribution in [0.1, 0.15) is 6.92 Å². The van der Waals surface area contributed by atoms with Crippen molar-refractivity contribution in [2.24, 2.45) is 0 Å². The maximum absolute atomic E-state index is 13.1. The predicted molar refractivity (Wildman–Crippen MR) is 56.4 cm³/mol. The van der Waals surface area contributed by atoms with Gasteiger partial charge in [-0.1, -0.05) is 6.58 Å². The van der Waals surface area contributed by atoms with Crippen LogP contribution in [0.3, 0.4) is 0 Å². The Morgan fingerprint density at radius 3 is 1.78 bits per heavy atom. The SMILES string of the molecule is C=C(C)C(=O)OCC(F)C(F)(F)C(F)C(F)(F)C(F)(F)C(F)F. The minimum atomic E-state index is -6.58. The number of esters is 1. The van der Waals surface area contributed by atoms with Gasteiger partial charge in [0.15, 0.2) is 0 Å². The van der Waals surface area contributed by atoms with Crippen molar-refractivity contribution in [3.8, 4) is 0 Å². The molecule has 0 aromatic heterocycles. The van der Waals surface area contributed by atoms with Gasteiger partial charge in [0, 0.05) is 5.57 Å². The van der Waals surface area contributed by atoms with Crippen LogP contribution in [-0.2, 0) is 9.53 Å². The molecule has 0 fully saturated rings. The highest BCUT2D eigenvalue weighted by Crippen LogP contribution is 2.48. The number of halogens is 10. The molecule has 0 aromatic rings. The van der Waals surface area contributed by atoms with Gasteiger partial charge in [0.25, 0.3) is 0 Å². The van der Waals surface area contributed by atoms with E-state index in [0.29, 0.717) is 0 Å². The second kappa shape index (κ2) is 6.95. The molecule has 0 aliphatic rings. The third kappa shape index (κ3) is 4.28. The summed E-state index contributed by atoms with van der Waals surface area (Å²) in [6.45, 7) is 1.99. The van der Waals surface area contributed by atoms with Crippen LogP contribution in [-0.4, -0.2) is 49.1 Å². The van der Waals surface area contributed by atoms with E-state index in [4.69, 9.17) is 0 Å². The summed E-state index contributed by atoms with van der Waals surface area (Å²) >= 11 is 0. The van der Waals surface area contributed by atoms with Gasteiger partial charge in [0.1, 0.15) is 6.61 Å². The Hall–Kier alpha value is -1.49. The smallest absolute Gasteiger partial charge is 0.372 e. The zero-order valence-corrected chi connectivity index (χ0v) is 11.2. The van der Waals surface area contributed by atoms with Gasteiger partial charge in [-0.2, -0.15) is 26.3 Å². The summed E-state index contributed by atoms with van der Waals surface area (Å²) < 4.78 is 130. The summed E-state index contributed by atoms with van der Waals surface area (Å²) in [5.41, 5.74) is -0.410. The van der Waals surface area contributed by atoms with Crippen molar-refractivity contribution >= 4 is 5.97 Å². The van der Waals surface area contributed by atoms with Crippen LogP contribution in [0.25, 0.3) is 0 Å². The fourth-order valence-electron chi connectivity index (χ4n) is 1.10. The summed E-state index contributed by atoms with van der Waals surface area (Å²) in [6, 6.07) is 0. The molecule has 0 aliphatic carbocycles. The molecule has 0 bridgehead atoms. The summed E-state index contributed by atoms with van der Waals surface area (Å²) in [5.74, 6) is -20.3. The van der Waals surface area contributed by atoms with Gasteiger partial charge < -0.3 is 4.74 Å². The van der Waals surface area contributed by atoms with E-state index in [0.717, 1.165) is 6.92 Å². The molecule has 0 heterocycles. The number of carbonyl (C=O) groups excluding carboxylic acids is 1. The van der Waals surface area contributed by atoms with Crippen LogP contribution in [0.5, 0.6) is 0 Å². The maximum Gasteiger partial charge on any atom is 0.372 e. The molecule has 0 amide bonds. The lowest BCUT2D eigenvalue weighted by molar-refractivity contribution is -0.317. The Labute approximate surface area is 123 Å². The average molecular weight is 364 g/mol. The fraction of sp³-hybridized carbons (Fsp3) is 0.727. The van der Waals surface area contributed by atoms with Crippen molar-refractivity contribution < 1.29 is 53.4 Å². The number of hydrogen-bond donors (Lipinski definition) is 0. The summed E-state index contributed by atoms with van der Waals surface area (Å²) in [7, 11) is 0. The first-order valence-corrected chi connectivity index (χ1v) is 5.62. The van der Waals surface area contributed by atoms with E-state index in [9.17, 15) is 48.7 Å². The molecule has 2 nitrogen and oxygen atoms in total. The van der Waals surface area contributed by atoms with Gasteiger partial charge in [-0.05, 0) is 6.92 Å². The molecule has 136 valence electrons. The molecule has 0 radical (unpaired) electrons. The van der Waals surface area contributed by atoms with Gasteiger partial charge in [0.05, 0.1) is 0 Å². The van der Waals surface area contributed by atoms with E-state index in [1.54, 1.807) is 0 Å². The molecule has 0 aromatic carbocycles. The molecule has 23 heavy (non-hydrogen) atoms. The third-order valence-corrected chi connectivity index (χ3v) is 2.50. The number of rotatable bonds is 8. The standard InChI is InChI=1S/C11H10F10O2/c1-4(2)6(22)23-3-5(12)9(16,17)7(13)10(18,19)11(20,21)8(14)15/h5,7-8H,1,3H2,2H3. The first-order chi connectivity index (χ1) is 10.1. The molecule has 0 saturated carbocycles. The highest BCUT2D eigenvalue weighted by molar-refractivity contribution is 5.86. The molecule has 0 spiro atoms. The van der Waals surface area contributed by atoms with E-state index in [1.165, 1.54) is 0 Å². The highest BCUT2D eigenvalue weighted by Gasteiger charge is 2.74. The number of ether oxygens (including phenoxy) is 1. The van der Waals surface area contributed by atoms with E-state index < -0.39 is 54.7 Å². The summed E-state index contributed by atoms with van der Waals surface area (Å²) in [5, 5.41) is 0. The molecular formula is C11H10F10O2. The first-order valence-electron chi connectivity index (χ1n) is 5.62. The Bertz CT molecular complexity index is 448. The Morgan fingerprint density at radius 1 is 1.00 bits per heavy atom. The summed E-state index contributed by atoms with van der Waals surface area (Å²) in [4.78, 5) is 10.8. The largest absolute Gasteiger partial charge is 0.459 e. The van der Waals surface area contributed by atoms with Crippen LogP contribution in [0, 0.1) is 0 Å². The van der Waals surface area contributed by atoms with Crippen LogP contribution in [0.4, 0.5) is 43.9 Å². The van der Waals surface area contributed by atoms with Crippen molar-refractivity contribution in [2.45, 2.75) is 43.5 Å². The lowest BCUT2D eigenvalue weighted by Crippen LogP contribution is -2.60. The zero-order chi connectivity index (χ0) is 18.8. The van der Waals surface area contributed by atoms with E-state index in [-0.39, 0.29) is 0 Å². The van der Waals surface area contributed by atoms with Gasteiger partial charge in [0.2, 0.25) is 12.3 Å². The van der Waals surface area contributed by atoms with Gasteiger partial charge in [-0.25, -0.2) is 22.4 Å². The maximum atomic E-state index is 13.1. The monoisotopic (exact) mass is 364 g/mol. The second-order valence-electron chi connectivity index (χ2n) is 4.43. The van der Waals surface area contributed by atoms with Crippen molar-refractivity contribution in [1.82, 2.24) is 0 Å². The number of carbonyl (C=O) groups is 1. The van der Waals surface area contributed by atoms with Crippen molar-refractivity contribution in [1.29, 1.82) is 0 Å². The number of hydrogen-bond acceptors (Lipinski definition) is 2.